The molecule has 0 bridgehead atoms. The summed E-state index contributed by atoms with van der Waals surface area (Å²) in [6.45, 7) is 0. The van der Waals surface area contributed by atoms with Gasteiger partial charge in [-0.05, 0) is 17.7 Å². The Morgan fingerprint density at radius 3 is 2.22 bits per heavy atom. The summed E-state index contributed by atoms with van der Waals surface area (Å²) < 4.78 is 49.9. The first-order chi connectivity index (χ1) is 8.14. The molecular formula is C10H9F4NO3. The molecular weight excluding hydrogens is 258 g/mol. The molecule has 1 amide bonds. The van der Waals surface area contributed by atoms with Gasteiger partial charge in [-0.25, -0.2) is 4.39 Å². The van der Waals surface area contributed by atoms with Crippen molar-refractivity contribution in [2.24, 2.45) is 5.73 Å². The first-order valence-corrected chi connectivity index (χ1v) is 4.66. The molecule has 0 heterocycles. The van der Waals surface area contributed by atoms with Crippen molar-refractivity contribution in [1.82, 2.24) is 0 Å². The molecule has 2 atom stereocenters. The summed E-state index contributed by atoms with van der Waals surface area (Å²) in [6.07, 6.45) is -8.78. The minimum atomic E-state index is -4.87. The molecule has 0 aliphatic heterocycles. The minimum absolute atomic E-state index is 0.383. The molecule has 18 heavy (non-hydrogen) atoms. The predicted molar refractivity (Wildman–Crippen MR) is 51.6 cm³/mol. The molecule has 2 unspecified atom stereocenters. The van der Waals surface area contributed by atoms with Crippen molar-refractivity contribution >= 4 is 5.91 Å². The van der Waals surface area contributed by atoms with E-state index >= 15 is 0 Å². The first kappa shape index (κ1) is 14.4. The number of carbonyl (C=O) groups excluding carboxylic acids is 1. The number of amides is 1. The molecule has 0 spiro atoms. The van der Waals surface area contributed by atoms with Crippen molar-refractivity contribution in [3.63, 3.8) is 0 Å². The van der Waals surface area contributed by atoms with Crippen molar-refractivity contribution in [3.05, 3.63) is 35.1 Å². The minimum Gasteiger partial charge on any atom is -0.385 e. The van der Waals surface area contributed by atoms with Crippen molar-refractivity contribution in [1.29, 1.82) is 0 Å². The summed E-state index contributed by atoms with van der Waals surface area (Å²) in [6, 6.07) is 1.55. The van der Waals surface area contributed by atoms with Gasteiger partial charge in [-0.2, -0.15) is 13.2 Å². The molecule has 0 fully saturated rings. The Morgan fingerprint density at radius 2 is 1.83 bits per heavy atom. The van der Waals surface area contributed by atoms with Crippen LogP contribution >= 0.6 is 0 Å². The molecule has 1 aromatic rings. The van der Waals surface area contributed by atoms with Gasteiger partial charge in [0.25, 0.3) is 0 Å². The number of nitrogens with two attached hydrogens (primary N) is 1. The highest BCUT2D eigenvalue weighted by Crippen LogP contribution is 2.32. The third kappa shape index (κ3) is 2.96. The highest BCUT2D eigenvalue weighted by molar-refractivity contribution is 5.79. The zero-order valence-corrected chi connectivity index (χ0v) is 8.78. The fraction of sp³-hybridized carbons (Fsp3) is 0.300. The molecule has 0 radical (unpaired) electrons. The Labute approximate surface area is 98.6 Å². The fourth-order valence-electron chi connectivity index (χ4n) is 1.28. The summed E-state index contributed by atoms with van der Waals surface area (Å²) in [7, 11) is 0. The summed E-state index contributed by atoms with van der Waals surface area (Å²) in [5, 5.41) is 18.5. The van der Waals surface area contributed by atoms with Crippen LogP contribution in [-0.4, -0.2) is 22.2 Å². The number of benzene rings is 1. The Morgan fingerprint density at radius 1 is 1.28 bits per heavy atom. The first-order valence-electron chi connectivity index (χ1n) is 4.66. The van der Waals surface area contributed by atoms with Crippen LogP contribution in [0, 0.1) is 5.82 Å². The highest BCUT2D eigenvalue weighted by atomic mass is 19.4. The number of hydrogen-bond donors (Lipinski definition) is 3. The number of aliphatic hydroxyl groups is 2. The van der Waals surface area contributed by atoms with Gasteiger partial charge in [-0.15, -0.1) is 0 Å². The molecule has 0 saturated carbocycles. The summed E-state index contributed by atoms with van der Waals surface area (Å²) >= 11 is 0. The van der Waals surface area contributed by atoms with Crippen molar-refractivity contribution in [3.8, 4) is 0 Å². The van der Waals surface area contributed by atoms with Gasteiger partial charge >= 0.3 is 6.18 Å². The number of primary amides is 1. The topological polar surface area (TPSA) is 83.6 Å². The lowest BCUT2D eigenvalue weighted by Crippen LogP contribution is -2.33. The summed E-state index contributed by atoms with van der Waals surface area (Å²) in [5.41, 5.74) is 2.80. The second-order valence-corrected chi connectivity index (χ2v) is 3.53. The zero-order chi connectivity index (χ0) is 14.1. The summed E-state index contributed by atoms with van der Waals surface area (Å²) in [5.74, 6) is -2.89. The molecule has 4 nitrogen and oxygen atoms in total. The SMILES string of the molecule is NC(=O)C(O)C(O)c1ccc(C(F)(F)F)c(F)c1. The monoisotopic (exact) mass is 267 g/mol. The average molecular weight is 267 g/mol. The molecule has 0 aliphatic carbocycles. The molecule has 4 N–H and O–H groups in total. The predicted octanol–water partition coefficient (Wildman–Crippen LogP) is 0.724. The van der Waals surface area contributed by atoms with E-state index < -0.39 is 35.7 Å². The molecule has 0 aliphatic rings. The van der Waals surface area contributed by atoms with Crippen LogP contribution in [0.15, 0.2) is 18.2 Å². The Bertz CT molecular complexity index is 461. The molecule has 8 heteroatoms. The van der Waals surface area contributed by atoms with Gasteiger partial charge in [0.05, 0.1) is 5.56 Å². The summed E-state index contributed by atoms with van der Waals surface area (Å²) in [4.78, 5) is 10.6. The zero-order valence-electron chi connectivity index (χ0n) is 8.78. The van der Waals surface area contributed by atoms with Gasteiger partial charge in [0.2, 0.25) is 5.91 Å². The van der Waals surface area contributed by atoms with Gasteiger partial charge in [0, 0.05) is 0 Å². The van der Waals surface area contributed by atoms with Gasteiger partial charge in [-0.3, -0.25) is 4.79 Å². The maximum atomic E-state index is 13.1. The average Bonchev–Trinajstić information content (AvgIpc) is 2.24. The fourth-order valence-corrected chi connectivity index (χ4v) is 1.28. The van der Waals surface area contributed by atoms with E-state index in [0.717, 1.165) is 6.07 Å². The largest absolute Gasteiger partial charge is 0.419 e. The van der Waals surface area contributed by atoms with E-state index in [4.69, 9.17) is 5.11 Å². The van der Waals surface area contributed by atoms with Gasteiger partial charge in [0.1, 0.15) is 11.9 Å². The lowest BCUT2D eigenvalue weighted by atomic mass is 10.0. The second-order valence-electron chi connectivity index (χ2n) is 3.53. The van der Waals surface area contributed by atoms with Crippen molar-refractivity contribution in [2.75, 3.05) is 0 Å². The van der Waals surface area contributed by atoms with Crippen LogP contribution in [0.2, 0.25) is 0 Å². The smallest absolute Gasteiger partial charge is 0.385 e. The number of aliphatic hydroxyl groups excluding tert-OH is 2. The lowest BCUT2D eigenvalue weighted by Gasteiger charge is -2.16. The third-order valence-electron chi connectivity index (χ3n) is 2.23. The standard InChI is InChI=1S/C10H9F4NO3/c11-6-3-4(7(16)8(17)9(15)18)1-2-5(6)10(12,13)14/h1-3,7-8,16-17H,(H2,15,18). The second kappa shape index (κ2) is 4.91. The van der Waals surface area contributed by atoms with Gasteiger partial charge < -0.3 is 15.9 Å². The lowest BCUT2D eigenvalue weighted by molar-refractivity contribution is -0.140. The highest BCUT2D eigenvalue weighted by Gasteiger charge is 2.34. The molecule has 100 valence electrons. The van der Waals surface area contributed by atoms with Crippen LogP contribution < -0.4 is 5.73 Å². The Hall–Kier alpha value is -1.67. The van der Waals surface area contributed by atoms with Gasteiger partial charge in [0.15, 0.2) is 6.10 Å². The van der Waals surface area contributed by atoms with Gasteiger partial charge in [-0.1, -0.05) is 6.07 Å². The molecule has 0 aromatic heterocycles. The third-order valence-corrected chi connectivity index (χ3v) is 2.23. The van der Waals surface area contributed by atoms with Crippen LogP contribution in [0.25, 0.3) is 0 Å². The maximum absolute atomic E-state index is 13.1. The molecule has 0 saturated heterocycles. The van der Waals surface area contributed by atoms with Crippen molar-refractivity contribution in [2.45, 2.75) is 18.4 Å². The molecule has 1 aromatic carbocycles. The van der Waals surface area contributed by atoms with E-state index in [1.54, 1.807) is 0 Å². The van der Waals surface area contributed by atoms with E-state index in [1.807, 2.05) is 0 Å². The van der Waals surface area contributed by atoms with Crippen LogP contribution in [-0.2, 0) is 11.0 Å². The number of alkyl halides is 3. The van der Waals surface area contributed by atoms with E-state index in [0.29, 0.717) is 12.1 Å². The quantitative estimate of drug-likeness (QED) is 0.706. The van der Waals surface area contributed by atoms with E-state index in [2.05, 4.69) is 5.73 Å². The normalized spacial score (nSPS) is 15.2. The molecule has 1 rings (SSSR count). The Balaban J connectivity index is 3.08. The van der Waals surface area contributed by atoms with E-state index in [1.165, 1.54) is 0 Å². The Kier molecular flexibility index (Phi) is 3.92. The number of carbonyl (C=O) groups is 1. The number of hydrogen-bond acceptors (Lipinski definition) is 3. The van der Waals surface area contributed by atoms with Crippen LogP contribution in [0.5, 0.6) is 0 Å². The number of rotatable bonds is 3. The van der Waals surface area contributed by atoms with Crippen LogP contribution in [0.3, 0.4) is 0 Å². The van der Waals surface area contributed by atoms with Crippen LogP contribution in [0.1, 0.15) is 17.2 Å². The maximum Gasteiger partial charge on any atom is 0.419 e. The van der Waals surface area contributed by atoms with E-state index in [-0.39, 0.29) is 5.56 Å². The van der Waals surface area contributed by atoms with E-state index in [9.17, 15) is 27.5 Å². The number of halogens is 4. The van der Waals surface area contributed by atoms with Crippen molar-refractivity contribution < 1.29 is 32.6 Å². The van der Waals surface area contributed by atoms with Crippen LogP contribution in [0.4, 0.5) is 17.6 Å².